The van der Waals surface area contributed by atoms with Gasteiger partial charge in [0.1, 0.15) is 5.75 Å². The van der Waals surface area contributed by atoms with Crippen molar-refractivity contribution in [1.82, 2.24) is 4.98 Å². The predicted octanol–water partition coefficient (Wildman–Crippen LogP) is 2.30. The van der Waals surface area contributed by atoms with Crippen molar-refractivity contribution in [2.75, 3.05) is 11.9 Å². The number of hydrogen-bond acceptors (Lipinski definition) is 4. The molecule has 20 heavy (non-hydrogen) atoms. The largest absolute Gasteiger partial charge is 0.482 e. The van der Waals surface area contributed by atoms with Crippen LogP contribution in [-0.4, -0.2) is 23.3 Å². The van der Waals surface area contributed by atoms with Gasteiger partial charge in [-0.2, -0.15) is 0 Å². The lowest BCUT2D eigenvalue weighted by atomic mass is 10.1. The first-order chi connectivity index (χ1) is 9.66. The molecule has 5 heteroatoms. The van der Waals surface area contributed by atoms with E-state index < -0.39 is 0 Å². The first-order valence-electron chi connectivity index (χ1n) is 6.09. The molecule has 0 unspecified atom stereocenters. The Morgan fingerprint density at radius 1 is 1.20 bits per heavy atom. The van der Waals surface area contributed by atoms with Gasteiger partial charge in [-0.3, -0.25) is 14.6 Å². The van der Waals surface area contributed by atoms with Crippen molar-refractivity contribution >= 4 is 17.4 Å². The van der Waals surface area contributed by atoms with Crippen molar-refractivity contribution in [1.29, 1.82) is 0 Å². The molecule has 1 amide bonds. The smallest absolute Gasteiger partial charge is 0.262 e. The summed E-state index contributed by atoms with van der Waals surface area (Å²) in [7, 11) is 0. The van der Waals surface area contributed by atoms with Gasteiger partial charge in [-0.15, -0.1) is 0 Å². The van der Waals surface area contributed by atoms with Gasteiger partial charge in [0.15, 0.2) is 12.4 Å². The minimum atomic E-state index is -0.331. The van der Waals surface area contributed by atoms with Crippen molar-refractivity contribution < 1.29 is 14.3 Å². The van der Waals surface area contributed by atoms with Gasteiger partial charge in [0.05, 0.1) is 11.9 Å². The summed E-state index contributed by atoms with van der Waals surface area (Å²) in [6, 6.07) is 10.3. The molecule has 0 fully saturated rings. The third-order valence-electron chi connectivity index (χ3n) is 2.58. The third kappa shape index (κ3) is 3.65. The number of ketones is 1. The molecule has 2 aromatic rings. The van der Waals surface area contributed by atoms with E-state index in [2.05, 4.69) is 10.3 Å². The molecular weight excluding hydrogens is 256 g/mol. The maximum atomic E-state index is 11.8. The molecule has 102 valence electrons. The fourth-order valence-electron chi connectivity index (χ4n) is 1.67. The molecule has 0 aliphatic carbocycles. The molecule has 0 saturated carbocycles. The van der Waals surface area contributed by atoms with Crippen molar-refractivity contribution in [2.24, 2.45) is 0 Å². The first kappa shape index (κ1) is 13.7. The molecule has 5 nitrogen and oxygen atoms in total. The van der Waals surface area contributed by atoms with Crippen LogP contribution in [0.5, 0.6) is 5.75 Å². The summed E-state index contributed by atoms with van der Waals surface area (Å²) in [5.41, 5.74) is 0.960. The Kier molecular flexibility index (Phi) is 4.44. The number of nitrogens with zero attached hydrogens (tertiary/aromatic N) is 1. The van der Waals surface area contributed by atoms with E-state index in [9.17, 15) is 9.59 Å². The van der Waals surface area contributed by atoms with E-state index in [-0.39, 0.29) is 18.3 Å². The van der Waals surface area contributed by atoms with Gasteiger partial charge in [-0.25, -0.2) is 0 Å². The van der Waals surface area contributed by atoms with Gasteiger partial charge in [-0.05, 0) is 31.2 Å². The monoisotopic (exact) mass is 270 g/mol. The highest BCUT2D eigenvalue weighted by atomic mass is 16.5. The van der Waals surface area contributed by atoms with Crippen molar-refractivity contribution in [3.8, 4) is 5.75 Å². The van der Waals surface area contributed by atoms with Crippen molar-refractivity contribution in [3.05, 3.63) is 54.4 Å². The van der Waals surface area contributed by atoms with Crippen molar-refractivity contribution in [2.45, 2.75) is 6.92 Å². The minimum Gasteiger partial charge on any atom is -0.482 e. The summed E-state index contributed by atoms with van der Waals surface area (Å²) in [5, 5.41) is 2.66. The molecule has 1 aromatic carbocycles. The second-order valence-corrected chi connectivity index (χ2v) is 4.13. The number of Topliss-reactive ketones (excluding diaryl/α,β-unsaturated/α-hetero) is 1. The Morgan fingerprint density at radius 3 is 2.70 bits per heavy atom. The third-order valence-corrected chi connectivity index (χ3v) is 2.58. The first-order valence-corrected chi connectivity index (χ1v) is 6.09. The average molecular weight is 270 g/mol. The van der Waals surface area contributed by atoms with Crippen LogP contribution in [-0.2, 0) is 4.79 Å². The summed E-state index contributed by atoms with van der Waals surface area (Å²) in [6.07, 6.45) is 3.15. The number of pyridine rings is 1. The molecule has 0 spiro atoms. The number of amides is 1. The van der Waals surface area contributed by atoms with E-state index in [0.717, 1.165) is 0 Å². The fourth-order valence-corrected chi connectivity index (χ4v) is 1.67. The van der Waals surface area contributed by atoms with E-state index >= 15 is 0 Å². The Balaban J connectivity index is 1.97. The van der Waals surface area contributed by atoms with Gasteiger partial charge in [0, 0.05) is 11.8 Å². The predicted molar refractivity (Wildman–Crippen MR) is 74.8 cm³/mol. The highest BCUT2D eigenvalue weighted by Gasteiger charge is 2.09. The molecule has 1 N–H and O–H groups in total. The Hall–Kier alpha value is -2.69. The summed E-state index contributed by atoms with van der Waals surface area (Å²) in [4.78, 5) is 27.1. The van der Waals surface area contributed by atoms with E-state index in [4.69, 9.17) is 4.74 Å². The number of carbonyl (C=O) groups excluding carboxylic acids is 2. The highest BCUT2D eigenvalue weighted by molar-refractivity contribution is 6.03. The summed E-state index contributed by atoms with van der Waals surface area (Å²) < 4.78 is 5.28. The summed E-state index contributed by atoms with van der Waals surface area (Å²) >= 11 is 0. The molecule has 0 aliphatic rings. The number of carbonyl (C=O) groups is 2. The number of ether oxygens (including phenoxy) is 1. The molecule has 1 heterocycles. The Morgan fingerprint density at radius 2 is 2.00 bits per heavy atom. The standard InChI is InChI=1S/C15H14N2O3/c1-11(18)13-6-2-3-7-14(13)17-15(19)10-20-12-5-4-8-16-9-12/h2-9H,10H2,1H3,(H,17,19). The van der Waals surface area contributed by atoms with E-state index in [1.807, 2.05) is 0 Å². The van der Waals surface area contributed by atoms with Crippen LogP contribution in [0.15, 0.2) is 48.8 Å². The topological polar surface area (TPSA) is 68.3 Å². The van der Waals surface area contributed by atoms with Crippen molar-refractivity contribution in [3.63, 3.8) is 0 Å². The number of nitrogens with one attached hydrogen (secondary N) is 1. The molecular formula is C15H14N2O3. The Labute approximate surface area is 116 Å². The molecule has 0 aliphatic heterocycles. The molecule has 0 saturated heterocycles. The zero-order chi connectivity index (χ0) is 14.4. The fraction of sp³-hybridized carbons (Fsp3) is 0.133. The lowest BCUT2D eigenvalue weighted by molar-refractivity contribution is -0.118. The average Bonchev–Trinajstić information content (AvgIpc) is 2.46. The molecule has 0 radical (unpaired) electrons. The maximum Gasteiger partial charge on any atom is 0.262 e. The van der Waals surface area contributed by atoms with E-state index in [0.29, 0.717) is 17.0 Å². The number of hydrogen-bond donors (Lipinski definition) is 1. The van der Waals surface area contributed by atoms with Gasteiger partial charge in [-0.1, -0.05) is 12.1 Å². The van der Waals surface area contributed by atoms with Crippen LogP contribution in [0.25, 0.3) is 0 Å². The van der Waals surface area contributed by atoms with Gasteiger partial charge >= 0.3 is 0 Å². The molecule has 0 bridgehead atoms. The van der Waals surface area contributed by atoms with Crippen LogP contribution in [0.1, 0.15) is 17.3 Å². The second-order valence-electron chi connectivity index (χ2n) is 4.13. The zero-order valence-corrected chi connectivity index (χ0v) is 11.0. The number of para-hydroxylation sites is 1. The van der Waals surface area contributed by atoms with Crippen LogP contribution in [0.2, 0.25) is 0 Å². The highest BCUT2D eigenvalue weighted by Crippen LogP contribution is 2.15. The van der Waals surface area contributed by atoms with E-state index in [1.165, 1.54) is 13.1 Å². The molecule has 2 rings (SSSR count). The summed E-state index contributed by atoms with van der Waals surface area (Å²) in [5.74, 6) is 0.0825. The Bertz CT molecular complexity index is 612. The van der Waals surface area contributed by atoms with Gasteiger partial charge < -0.3 is 10.1 Å². The van der Waals surface area contributed by atoms with Crippen LogP contribution >= 0.6 is 0 Å². The van der Waals surface area contributed by atoms with E-state index in [1.54, 1.807) is 42.6 Å². The molecule has 0 atom stereocenters. The quantitative estimate of drug-likeness (QED) is 0.846. The second kappa shape index (κ2) is 6.47. The van der Waals surface area contributed by atoms with Crippen LogP contribution < -0.4 is 10.1 Å². The molecule has 1 aromatic heterocycles. The maximum absolute atomic E-state index is 11.8. The SMILES string of the molecule is CC(=O)c1ccccc1NC(=O)COc1cccnc1. The van der Waals surface area contributed by atoms with Crippen LogP contribution in [0, 0.1) is 0 Å². The number of anilines is 1. The summed E-state index contributed by atoms with van der Waals surface area (Å²) in [6.45, 7) is 1.31. The number of aromatic nitrogens is 1. The zero-order valence-electron chi connectivity index (χ0n) is 11.0. The number of rotatable bonds is 5. The van der Waals surface area contributed by atoms with Gasteiger partial charge in [0.25, 0.3) is 5.91 Å². The van der Waals surface area contributed by atoms with Gasteiger partial charge in [0.2, 0.25) is 0 Å². The number of benzene rings is 1. The van der Waals surface area contributed by atoms with Crippen LogP contribution in [0.4, 0.5) is 5.69 Å². The normalized spacial score (nSPS) is 9.85. The lowest BCUT2D eigenvalue weighted by Gasteiger charge is -2.09. The minimum absolute atomic E-state index is 0.103. The van der Waals surface area contributed by atoms with Crippen LogP contribution in [0.3, 0.4) is 0 Å². The lowest BCUT2D eigenvalue weighted by Crippen LogP contribution is -2.21.